The number of methoxy groups -OCH3 is 1. The number of hydrogen-bond donors (Lipinski definition) is 1. The molecule has 0 saturated heterocycles. The number of para-hydroxylation sites is 1. The maximum atomic E-state index is 13.4. The Kier molecular flexibility index (Phi) is 8.18. The zero-order chi connectivity index (χ0) is 24.8. The second-order valence-electron chi connectivity index (χ2n) is 9.24. The summed E-state index contributed by atoms with van der Waals surface area (Å²) in [4.78, 5) is 0. The highest BCUT2D eigenvalue weighted by Gasteiger charge is 2.30. The van der Waals surface area contributed by atoms with Gasteiger partial charge < -0.3 is 4.74 Å². The van der Waals surface area contributed by atoms with E-state index >= 15 is 0 Å². The van der Waals surface area contributed by atoms with Gasteiger partial charge in [0.05, 0.1) is 28.9 Å². The molecule has 0 aliphatic carbocycles. The number of benzene rings is 4. The molecule has 1 N–H and O–H groups in total. The highest BCUT2D eigenvalue weighted by Crippen LogP contribution is 2.38. The Bertz CT molecular complexity index is 1230. The first-order chi connectivity index (χ1) is 16.9. The zero-order valence-electron chi connectivity index (χ0n) is 20.6. The minimum atomic E-state index is -1.29. The fourth-order valence-corrected chi connectivity index (χ4v) is 7.31. The Balaban J connectivity index is 1.94. The number of hydrogen-bond acceptors (Lipinski definition) is 2. The molecule has 0 aromatic heterocycles. The molecule has 0 bridgehead atoms. The van der Waals surface area contributed by atoms with Crippen molar-refractivity contribution in [1.29, 1.82) is 0 Å². The van der Waals surface area contributed by atoms with Crippen LogP contribution in [0.1, 0.15) is 37.9 Å². The average Bonchev–Trinajstić information content (AvgIpc) is 2.88. The summed E-state index contributed by atoms with van der Waals surface area (Å²) in [5.41, 5.74) is 2.07. The van der Waals surface area contributed by atoms with Crippen molar-refractivity contribution in [2.24, 2.45) is 0 Å². The molecular formula is C30H32NO2PS. The summed E-state index contributed by atoms with van der Waals surface area (Å²) in [6.45, 7) is 5.96. The number of nitrogens with one attached hydrogen (secondary N) is 1. The summed E-state index contributed by atoms with van der Waals surface area (Å²) in [6, 6.07) is 37.5. The van der Waals surface area contributed by atoms with E-state index in [1.54, 1.807) is 7.11 Å². The van der Waals surface area contributed by atoms with Crippen LogP contribution < -0.4 is 25.4 Å². The van der Waals surface area contributed by atoms with Gasteiger partial charge in [0, 0.05) is 5.56 Å². The fourth-order valence-electron chi connectivity index (χ4n) is 4.00. The van der Waals surface area contributed by atoms with E-state index in [0.717, 1.165) is 16.9 Å². The standard InChI is InChI=1S/C30H32NO2PS/c1-30(2,3)35(32)31-29(25-19-11-13-21-27(25)33-4)26-20-12-14-22-28(26)34(23-15-7-5-8-16-23)24-17-9-6-10-18-24/h5-22,29,31H,1-4H3/t29-,35+/m0/s1. The summed E-state index contributed by atoms with van der Waals surface area (Å²) < 4.78 is 22.2. The predicted molar refractivity (Wildman–Crippen MR) is 151 cm³/mol. The topological polar surface area (TPSA) is 38.3 Å². The SMILES string of the molecule is COc1ccccc1[C@H](N[S@](=O)C(C)(C)C)c1ccccc1P(c1ccccc1)c1ccccc1. The van der Waals surface area contributed by atoms with Crippen molar-refractivity contribution in [2.45, 2.75) is 31.6 Å². The van der Waals surface area contributed by atoms with Gasteiger partial charge in [-0.05, 0) is 56.2 Å². The molecule has 0 aliphatic heterocycles. The lowest BCUT2D eigenvalue weighted by molar-refractivity contribution is 0.407. The highest BCUT2D eigenvalue weighted by atomic mass is 32.2. The molecule has 0 fully saturated rings. The fraction of sp³-hybridized carbons (Fsp3) is 0.200. The van der Waals surface area contributed by atoms with E-state index in [1.807, 2.05) is 39.0 Å². The molecule has 0 radical (unpaired) electrons. The average molecular weight is 502 g/mol. The molecule has 0 saturated carbocycles. The Hall–Kier alpha value is -2.78. The molecule has 0 aliphatic rings. The second kappa shape index (κ2) is 11.3. The first-order valence-electron chi connectivity index (χ1n) is 11.7. The molecule has 2 atom stereocenters. The first-order valence-corrected chi connectivity index (χ1v) is 14.2. The van der Waals surface area contributed by atoms with Gasteiger partial charge in [0.15, 0.2) is 0 Å². The number of ether oxygens (including phenoxy) is 1. The highest BCUT2D eigenvalue weighted by molar-refractivity contribution is 7.84. The molecule has 35 heavy (non-hydrogen) atoms. The summed E-state index contributed by atoms with van der Waals surface area (Å²) in [5.74, 6) is 0.773. The van der Waals surface area contributed by atoms with Gasteiger partial charge in [-0.25, -0.2) is 8.93 Å². The van der Waals surface area contributed by atoms with Crippen LogP contribution in [0.5, 0.6) is 5.75 Å². The van der Waals surface area contributed by atoms with Crippen molar-refractivity contribution in [1.82, 2.24) is 4.72 Å². The Morgan fingerprint density at radius 3 is 1.74 bits per heavy atom. The van der Waals surface area contributed by atoms with E-state index in [1.165, 1.54) is 15.9 Å². The Morgan fingerprint density at radius 2 is 1.20 bits per heavy atom. The van der Waals surface area contributed by atoms with E-state index in [9.17, 15) is 4.21 Å². The maximum Gasteiger partial charge on any atom is 0.124 e. The van der Waals surface area contributed by atoms with Crippen LogP contribution in [0.3, 0.4) is 0 Å². The summed E-state index contributed by atoms with van der Waals surface area (Å²) >= 11 is 0. The van der Waals surface area contributed by atoms with Crippen LogP contribution in [0.4, 0.5) is 0 Å². The van der Waals surface area contributed by atoms with Gasteiger partial charge in [-0.3, -0.25) is 0 Å². The third-order valence-corrected chi connectivity index (χ3v) is 9.83. The molecule has 0 spiro atoms. The van der Waals surface area contributed by atoms with E-state index < -0.39 is 23.7 Å². The lowest BCUT2D eigenvalue weighted by atomic mass is 9.98. The smallest absolute Gasteiger partial charge is 0.124 e. The first kappa shape index (κ1) is 25.3. The minimum absolute atomic E-state index is 0.306. The van der Waals surface area contributed by atoms with Crippen molar-refractivity contribution in [3.05, 3.63) is 120 Å². The number of rotatable bonds is 8. The molecule has 4 aromatic rings. The van der Waals surface area contributed by atoms with Crippen LogP contribution in [0.25, 0.3) is 0 Å². The Labute approximate surface area is 212 Å². The molecule has 5 heteroatoms. The van der Waals surface area contributed by atoms with Gasteiger partial charge in [-0.1, -0.05) is 103 Å². The van der Waals surface area contributed by atoms with Gasteiger partial charge in [0.25, 0.3) is 0 Å². The van der Waals surface area contributed by atoms with E-state index in [-0.39, 0.29) is 6.04 Å². The lowest BCUT2D eigenvalue weighted by Crippen LogP contribution is -2.38. The van der Waals surface area contributed by atoms with E-state index in [4.69, 9.17) is 4.74 Å². The summed E-state index contributed by atoms with van der Waals surface area (Å²) in [7, 11) is -0.440. The van der Waals surface area contributed by atoms with E-state index in [0.29, 0.717) is 0 Å². The molecule has 0 amide bonds. The molecule has 3 nitrogen and oxygen atoms in total. The summed E-state index contributed by atoms with van der Waals surface area (Å²) in [5, 5.41) is 3.78. The van der Waals surface area contributed by atoms with Crippen molar-refractivity contribution in [2.75, 3.05) is 7.11 Å². The van der Waals surface area contributed by atoms with E-state index in [2.05, 4.69) is 95.7 Å². The third-order valence-electron chi connectivity index (χ3n) is 5.75. The van der Waals surface area contributed by atoms with Crippen LogP contribution >= 0.6 is 7.92 Å². The lowest BCUT2D eigenvalue weighted by Gasteiger charge is -2.30. The third kappa shape index (κ3) is 5.90. The predicted octanol–water partition coefficient (Wildman–Crippen LogP) is 5.59. The molecule has 4 rings (SSSR count). The normalized spacial score (nSPS) is 13.4. The van der Waals surface area contributed by atoms with Gasteiger partial charge in [0.2, 0.25) is 0 Å². The maximum absolute atomic E-state index is 13.4. The Morgan fingerprint density at radius 1 is 0.714 bits per heavy atom. The van der Waals surface area contributed by atoms with Gasteiger partial charge >= 0.3 is 0 Å². The molecule has 0 unspecified atom stereocenters. The van der Waals surface area contributed by atoms with Crippen LogP contribution in [0.2, 0.25) is 0 Å². The van der Waals surface area contributed by atoms with Crippen LogP contribution in [-0.4, -0.2) is 16.1 Å². The van der Waals surface area contributed by atoms with Gasteiger partial charge in [-0.15, -0.1) is 0 Å². The van der Waals surface area contributed by atoms with Crippen molar-refractivity contribution < 1.29 is 8.95 Å². The van der Waals surface area contributed by atoms with Gasteiger partial charge in [-0.2, -0.15) is 0 Å². The molecule has 180 valence electrons. The molecular weight excluding hydrogens is 469 g/mol. The monoisotopic (exact) mass is 501 g/mol. The minimum Gasteiger partial charge on any atom is -0.496 e. The van der Waals surface area contributed by atoms with Gasteiger partial charge in [0.1, 0.15) is 5.75 Å². The van der Waals surface area contributed by atoms with Crippen LogP contribution in [0, 0.1) is 0 Å². The quantitative estimate of drug-likeness (QED) is 0.320. The zero-order valence-corrected chi connectivity index (χ0v) is 22.4. The largest absolute Gasteiger partial charge is 0.496 e. The summed E-state index contributed by atoms with van der Waals surface area (Å²) in [6.07, 6.45) is 0. The molecule has 4 aromatic carbocycles. The molecule has 0 heterocycles. The van der Waals surface area contributed by atoms with Crippen molar-refractivity contribution in [3.8, 4) is 5.75 Å². The van der Waals surface area contributed by atoms with Crippen molar-refractivity contribution in [3.63, 3.8) is 0 Å². The van der Waals surface area contributed by atoms with Crippen molar-refractivity contribution >= 4 is 34.8 Å². The second-order valence-corrected chi connectivity index (χ2v) is 13.4. The van der Waals surface area contributed by atoms with Crippen LogP contribution in [0.15, 0.2) is 109 Å². The van der Waals surface area contributed by atoms with Crippen LogP contribution in [-0.2, 0) is 11.0 Å².